The highest BCUT2D eigenvalue weighted by Gasteiger charge is 2.16. The van der Waals surface area contributed by atoms with E-state index in [-0.39, 0.29) is 15.9 Å². The van der Waals surface area contributed by atoms with Gasteiger partial charge >= 0.3 is 0 Å². The molecule has 86 valence electrons. The van der Waals surface area contributed by atoms with Gasteiger partial charge < -0.3 is 0 Å². The number of rotatable bonds is 3. The Morgan fingerprint density at radius 2 is 2.19 bits per heavy atom. The maximum atomic E-state index is 12.8. The largest absolute Gasteiger partial charge is 0.242 e. The van der Waals surface area contributed by atoms with E-state index in [1.54, 1.807) is 6.92 Å². The van der Waals surface area contributed by atoms with Gasteiger partial charge in [0.15, 0.2) is 0 Å². The van der Waals surface area contributed by atoms with Crippen LogP contribution in [0.4, 0.5) is 4.39 Å². The molecule has 0 fully saturated rings. The molecule has 0 radical (unpaired) electrons. The van der Waals surface area contributed by atoms with Crippen molar-refractivity contribution in [1.29, 1.82) is 0 Å². The predicted octanol–water partition coefficient (Wildman–Crippen LogP) is 1.89. The first-order chi connectivity index (χ1) is 7.47. The summed E-state index contributed by atoms with van der Waals surface area (Å²) in [5, 5.41) is 0. The fraction of sp³-hybridized carbons (Fsp3) is 0.200. The molecule has 16 heavy (non-hydrogen) atoms. The highest BCUT2D eigenvalue weighted by atomic mass is 79.9. The van der Waals surface area contributed by atoms with Gasteiger partial charge in [-0.15, -0.1) is 5.92 Å². The molecule has 0 bridgehead atoms. The first-order valence-corrected chi connectivity index (χ1v) is 6.59. The molecule has 0 aliphatic carbocycles. The van der Waals surface area contributed by atoms with Crippen molar-refractivity contribution >= 4 is 26.0 Å². The Labute approximate surface area is 102 Å². The Morgan fingerprint density at radius 3 is 2.75 bits per heavy atom. The van der Waals surface area contributed by atoms with Crippen LogP contribution in [-0.2, 0) is 10.0 Å². The topological polar surface area (TPSA) is 46.2 Å². The predicted molar refractivity (Wildman–Crippen MR) is 62.7 cm³/mol. The average molecular weight is 306 g/mol. The summed E-state index contributed by atoms with van der Waals surface area (Å²) in [5.74, 6) is 4.64. The van der Waals surface area contributed by atoms with Crippen LogP contribution >= 0.6 is 15.9 Å². The maximum absolute atomic E-state index is 12.8. The second kappa shape index (κ2) is 5.43. The molecule has 0 saturated carbocycles. The highest BCUT2D eigenvalue weighted by Crippen LogP contribution is 2.22. The monoisotopic (exact) mass is 305 g/mol. The number of hydrogen-bond acceptors (Lipinski definition) is 2. The summed E-state index contributed by atoms with van der Waals surface area (Å²) in [5.41, 5.74) is 0. The van der Waals surface area contributed by atoms with Crippen molar-refractivity contribution in [3.63, 3.8) is 0 Å². The van der Waals surface area contributed by atoms with Crippen LogP contribution < -0.4 is 4.72 Å². The lowest BCUT2D eigenvalue weighted by Crippen LogP contribution is -2.24. The molecular weight excluding hydrogens is 297 g/mol. The van der Waals surface area contributed by atoms with Gasteiger partial charge in [0.25, 0.3) is 0 Å². The van der Waals surface area contributed by atoms with Crippen molar-refractivity contribution < 1.29 is 12.8 Å². The van der Waals surface area contributed by atoms with E-state index in [1.807, 2.05) is 0 Å². The van der Waals surface area contributed by atoms with Crippen LogP contribution in [0.25, 0.3) is 0 Å². The van der Waals surface area contributed by atoms with Gasteiger partial charge in [0.05, 0.1) is 11.4 Å². The molecule has 0 amide bonds. The van der Waals surface area contributed by atoms with Gasteiger partial charge in [0.2, 0.25) is 10.0 Å². The van der Waals surface area contributed by atoms with Crippen molar-refractivity contribution in [3.05, 3.63) is 28.5 Å². The van der Waals surface area contributed by atoms with Gasteiger partial charge in [-0.2, -0.15) is 4.72 Å². The third kappa shape index (κ3) is 3.30. The number of hydrogen-bond donors (Lipinski definition) is 1. The van der Waals surface area contributed by atoms with Crippen LogP contribution in [-0.4, -0.2) is 15.0 Å². The van der Waals surface area contributed by atoms with E-state index in [9.17, 15) is 12.8 Å². The molecule has 0 heterocycles. The van der Waals surface area contributed by atoms with Gasteiger partial charge in [-0.3, -0.25) is 0 Å². The molecule has 0 aliphatic heterocycles. The Balaban J connectivity index is 3.01. The van der Waals surface area contributed by atoms with Crippen LogP contribution in [0.5, 0.6) is 0 Å². The standard InChI is InChI=1S/C10H9BrFNO2S/c1-2-3-6-13-16(14,15)10-5-4-8(12)7-9(10)11/h4-5,7,13H,6H2,1H3. The van der Waals surface area contributed by atoms with E-state index in [4.69, 9.17) is 0 Å². The van der Waals surface area contributed by atoms with Crippen LogP contribution in [0.15, 0.2) is 27.6 Å². The summed E-state index contributed by atoms with van der Waals surface area (Å²) >= 11 is 3.00. The molecule has 1 aromatic carbocycles. The second-order valence-electron chi connectivity index (χ2n) is 2.83. The molecule has 0 aliphatic rings. The zero-order valence-electron chi connectivity index (χ0n) is 8.42. The summed E-state index contributed by atoms with van der Waals surface area (Å²) in [6, 6.07) is 3.38. The summed E-state index contributed by atoms with van der Waals surface area (Å²) in [7, 11) is -3.65. The SMILES string of the molecule is CC#CCNS(=O)(=O)c1ccc(F)cc1Br. The second-order valence-corrected chi connectivity index (χ2v) is 5.42. The van der Waals surface area contributed by atoms with E-state index in [0.29, 0.717) is 0 Å². The van der Waals surface area contributed by atoms with E-state index in [2.05, 4.69) is 32.5 Å². The molecule has 0 aromatic heterocycles. The van der Waals surface area contributed by atoms with Crippen LogP contribution in [0.2, 0.25) is 0 Å². The molecule has 1 N–H and O–H groups in total. The third-order valence-electron chi connectivity index (χ3n) is 1.71. The summed E-state index contributed by atoms with van der Waals surface area (Å²) < 4.78 is 38.7. The fourth-order valence-electron chi connectivity index (χ4n) is 0.990. The molecular formula is C10H9BrFNO2S. The van der Waals surface area contributed by atoms with Crippen molar-refractivity contribution in [2.45, 2.75) is 11.8 Å². The Hall–Kier alpha value is -0.900. The normalized spacial score (nSPS) is 10.7. The zero-order valence-corrected chi connectivity index (χ0v) is 10.8. The van der Waals surface area contributed by atoms with Crippen molar-refractivity contribution in [2.24, 2.45) is 0 Å². The molecule has 0 unspecified atom stereocenters. The number of halogens is 2. The quantitative estimate of drug-likeness (QED) is 0.867. The van der Waals surface area contributed by atoms with Gasteiger partial charge in [-0.05, 0) is 41.1 Å². The number of nitrogens with one attached hydrogen (secondary N) is 1. The molecule has 0 atom stereocenters. The third-order valence-corrected chi connectivity index (χ3v) is 4.09. The lowest BCUT2D eigenvalue weighted by Gasteiger charge is -2.05. The zero-order chi connectivity index (χ0) is 12.2. The molecule has 1 rings (SSSR count). The first kappa shape index (κ1) is 13.2. The van der Waals surface area contributed by atoms with E-state index in [0.717, 1.165) is 12.1 Å². The van der Waals surface area contributed by atoms with Crippen LogP contribution in [0, 0.1) is 17.7 Å². The molecule has 1 aromatic rings. The van der Waals surface area contributed by atoms with E-state index in [1.165, 1.54) is 6.07 Å². The van der Waals surface area contributed by atoms with Gasteiger partial charge in [-0.1, -0.05) is 5.92 Å². The Bertz CT molecular complexity index is 546. The Morgan fingerprint density at radius 1 is 1.50 bits per heavy atom. The van der Waals surface area contributed by atoms with Gasteiger partial charge in [0.1, 0.15) is 5.82 Å². The van der Waals surface area contributed by atoms with Crippen LogP contribution in [0.3, 0.4) is 0 Å². The van der Waals surface area contributed by atoms with Crippen molar-refractivity contribution in [2.75, 3.05) is 6.54 Å². The van der Waals surface area contributed by atoms with Gasteiger partial charge in [-0.25, -0.2) is 12.8 Å². The number of sulfonamides is 1. The molecule has 0 saturated heterocycles. The van der Waals surface area contributed by atoms with Crippen molar-refractivity contribution in [1.82, 2.24) is 4.72 Å². The van der Waals surface area contributed by atoms with Gasteiger partial charge in [0, 0.05) is 4.47 Å². The first-order valence-electron chi connectivity index (χ1n) is 4.31. The summed E-state index contributed by atoms with van der Waals surface area (Å²) in [6.07, 6.45) is 0. The maximum Gasteiger partial charge on any atom is 0.242 e. The lowest BCUT2D eigenvalue weighted by atomic mass is 10.3. The highest BCUT2D eigenvalue weighted by molar-refractivity contribution is 9.10. The summed E-state index contributed by atoms with van der Waals surface area (Å²) in [4.78, 5) is -0.00759. The van der Waals surface area contributed by atoms with Crippen LogP contribution in [0.1, 0.15) is 6.92 Å². The smallest absolute Gasteiger partial charge is 0.207 e. The average Bonchev–Trinajstić information content (AvgIpc) is 2.17. The minimum absolute atomic E-state index is 0.00759. The van der Waals surface area contributed by atoms with E-state index < -0.39 is 15.8 Å². The molecule has 6 heteroatoms. The van der Waals surface area contributed by atoms with E-state index >= 15 is 0 Å². The molecule has 0 spiro atoms. The Kier molecular flexibility index (Phi) is 4.47. The molecule has 3 nitrogen and oxygen atoms in total. The summed E-state index contributed by atoms with van der Waals surface area (Å²) in [6.45, 7) is 1.64. The fourth-order valence-corrected chi connectivity index (χ4v) is 2.96. The lowest BCUT2D eigenvalue weighted by molar-refractivity contribution is 0.584. The minimum Gasteiger partial charge on any atom is -0.207 e. The minimum atomic E-state index is -3.65. The number of benzene rings is 1. The van der Waals surface area contributed by atoms with Crippen molar-refractivity contribution in [3.8, 4) is 11.8 Å².